The number of hydrogen-bond acceptors (Lipinski definition) is 3. The van der Waals surface area contributed by atoms with E-state index in [0.29, 0.717) is 5.75 Å². The van der Waals surface area contributed by atoms with Gasteiger partial charge in [0.25, 0.3) is 5.91 Å². The molecule has 2 aromatic carbocycles. The van der Waals surface area contributed by atoms with Gasteiger partial charge in [-0.1, -0.05) is 30.3 Å². The maximum absolute atomic E-state index is 11.6. The van der Waals surface area contributed by atoms with Gasteiger partial charge in [-0.3, -0.25) is 4.79 Å². The minimum atomic E-state index is -0.414. The monoisotopic (exact) mass is 266 g/mol. The Morgan fingerprint density at radius 2 is 2.05 bits per heavy atom. The van der Waals surface area contributed by atoms with Crippen molar-refractivity contribution in [2.75, 3.05) is 14.2 Å². The average Bonchev–Trinajstić information content (AvgIpc) is 2.51. The Hall–Kier alpha value is -2.80. The summed E-state index contributed by atoms with van der Waals surface area (Å²) in [5.41, 5.74) is 0.771. The fourth-order valence-corrected chi connectivity index (χ4v) is 2.03. The van der Waals surface area contributed by atoms with Gasteiger partial charge >= 0.3 is 0 Å². The van der Waals surface area contributed by atoms with E-state index in [-0.39, 0.29) is 5.57 Å². The fourth-order valence-electron chi connectivity index (χ4n) is 2.03. The highest BCUT2D eigenvalue weighted by molar-refractivity contribution is 6.04. The predicted octanol–water partition coefficient (Wildman–Crippen LogP) is 2.50. The van der Waals surface area contributed by atoms with Crippen molar-refractivity contribution in [3.63, 3.8) is 0 Å². The van der Waals surface area contributed by atoms with Crippen LogP contribution >= 0.6 is 0 Å². The summed E-state index contributed by atoms with van der Waals surface area (Å²) in [4.78, 5) is 11.6. The summed E-state index contributed by atoms with van der Waals surface area (Å²) in [5.74, 6) is 0.211. The van der Waals surface area contributed by atoms with Crippen molar-refractivity contribution in [1.29, 1.82) is 5.26 Å². The molecular formula is C16H14N2O2. The van der Waals surface area contributed by atoms with Gasteiger partial charge in [-0.2, -0.15) is 5.26 Å². The number of nitriles is 1. The predicted molar refractivity (Wildman–Crippen MR) is 78.2 cm³/mol. The molecule has 0 atom stereocenters. The topological polar surface area (TPSA) is 62.1 Å². The van der Waals surface area contributed by atoms with Gasteiger partial charge < -0.3 is 10.1 Å². The van der Waals surface area contributed by atoms with E-state index in [4.69, 9.17) is 10.00 Å². The number of hydrogen-bond donors (Lipinski definition) is 1. The van der Waals surface area contributed by atoms with Crippen molar-refractivity contribution >= 4 is 22.8 Å². The zero-order valence-corrected chi connectivity index (χ0v) is 11.3. The Balaban J connectivity index is 2.71. The lowest BCUT2D eigenvalue weighted by Gasteiger charge is -2.09. The van der Waals surface area contributed by atoms with Crippen LogP contribution in [0.4, 0.5) is 0 Å². The second-order valence-electron chi connectivity index (χ2n) is 4.15. The van der Waals surface area contributed by atoms with E-state index in [0.717, 1.165) is 16.3 Å². The molecule has 0 aromatic heterocycles. The Morgan fingerprint density at radius 1 is 1.30 bits per heavy atom. The molecule has 2 rings (SSSR count). The van der Waals surface area contributed by atoms with Crippen molar-refractivity contribution in [3.8, 4) is 11.8 Å². The van der Waals surface area contributed by atoms with Crippen molar-refractivity contribution in [2.45, 2.75) is 0 Å². The minimum absolute atomic E-state index is 0.0437. The van der Waals surface area contributed by atoms with Crippen LogP contribution in [-0.2, 0) is 4.79 Å². The second-order valence-corrected chi connectivity index (χ2v) is 4.15. The molecule has 0 fully saturated rings. The molecule has 4 heteroatoms. The van der Waals surface area contributed by atoms with Gasteiger partial charge in [-0.15, -0.1) is 0 Å². The summed E-state index contributed by atoms with van der Waals surface area (Å²) in [5, 5.41) is 13.5. The number of fused-ring (bicyclic) bond motifs is 1. The summed E-state index contributed by atoms with van der Waals surface area (Å²) in [6.07, 6.45) is 1.56. The van der Waals surface area contributed by atoms with Gasteiger partial charge in [0, 0.05) is 12.6 Å². The highest BCUT2D eigenvalue weighted by Gasteiger charge is 2.11. The molecule has 0 bridgehead atoms. The number of carbonyl (C=O) groups is 1. The molecule has 0 unspecified atom stereocenters. The molecule has 1 amide bonds. The maximum Gasteiger partial charge on any atom is 0.261 e. The van der Waals surface area contributed by atoms with Crippen LogP contribution in [-0.4, -0.2) is 20.1 Å². The summed E-state index contributed by atoms with van der Waals surface area (Å²) in [7, 11) is 3.06. The number of amides is 1. The molecule has 0 aliphatic rings. The first-order valence-corrected chi connectivity index (χ1v) is 6.11. The number of ether oxygens (including phenoxy) is 1. The normalized spacial score (nSPS) is 10.9. The molecule has 1 N–H and O–H groups in total. The number of likely N-dealkylation sites (N-methyl/N-ethyl adjacent to an activating group) is 1. The molecular weight excluding hydrogens is 252 g/mol. The smallest absolute Gasteiger partial charge is 0.261 e. The van der Waals surface area contributed by atoms with Crippen LogP contribution in [0.5, 0.6) is 5.75 Å². The molecule has 0 aliphatic heterocycles. The first-order chi connectivity index (χ1) is 9.71. The van der Waals surface area contributed by atoms with Crippen LogP contribution in [0, 0.1) is 11.3 Å². The van der Waals surface area contributed by atoms with E-state index in [1.807, 2.05) is 42.5 Å². The van der Waals surface area contributed by atoms with E-state index < -0.39 is 5.91 Å². The van der Waals surface area contributed by atoms with Gasteiger partial charge in [0.1, 0.15) is 17.4 Å². The molecule has 4 nitrogen and oxygen atoms in total. The van der Waals surface area contributed by atoms with Gasteiger partial charge in [0.05, 0.1) is 7.11 Å². The van der Waals surface area contributed by atoms with Crippen LogP contribution in [0.25, 0.3) is 16.8 Å². The van der Waals surface area contributed by atoms with Gasteiger partial charge in [0.2, 0.25) is 0 Å². The summed E-state index contributed by atoms with van der Waals surface area (Å²) in [6.45, 7) is 0. The first-order valence-electron chi connectivity index (χ1n) is 6.11. The number of carbonyl (C=O) groups excluding carboxylic acids is 1. The Kier molecular flexibility index (Phi) is 4.02. The number of nitrogens with zero attached hydrogens (tertiary/aromatic N) is 1. The molecule has 0 spiro atoms. The van der Waals surface area contributed by atoms with Crippen LogP contribution in [0.3, 0.4) is 0 Å². The highest BCUT2D eigenvalue weighted by Crippen LogP contribution is 2.29. The fraction of sp³-hybridized carbons (Fsp3) is 0.125. The van der Waals surface area contributed by atoms with E-state index in [9.17, 15) is 4.79 Å². The Labute approximate surface area is 117 Å². The molecule has 0 radical (unpaired) electrons. The molecule has 0 aliphatic carbocycles. The zero-order chi connectivity index (χ0) is 14.5. The Morgan fingerprint density at radius 3 is 2.70 bits per heavy atom. The minimum Gasteiger partial charge on any atom is -0.496 e. The third-order valence-electron chi connectivity index (χ3n) is 3.03. The standard InChI is InChI=1S/C16H14N2O2/c1-18-16(19)12(10-17)9-14-13-6-4-3-5-11(13)7-8-15(14)20-2/h3-9H,1-2H3,(H,18,19)/b12-9+. The summed E-state index contributed by atoms with van der Waals surface area (Å²) < 4.78 is 5.33. The lowest BCUT2D eigenvalue weighted by atomic mass is 10.0. The van der Waals surface area contributed by atoms with Gasteiger partial charge in [-0.25, -0.2) is 0 Å². The molecule has 20 heavy (non-hydrogen) atoms. The summed E-state index contributed by atoms with van der Waals surface area (Å²) >= 11 is 0. The van der Waals surface area contributed by atoms with E-state index in [1.165, 1.54) is 7.05 Å². The first kappa shape index (κ1) is 13.6. The quantitative estimate of drug-likeness (QED) is 0.685. The SMILES string of the molecule is CNC(=O)/C(C#N)=C/c1c(OC)ccc2ccccc12. The van der Waals surface area contributed by atoms with Crippen LogP contribution in [0.2, 0.25) is 0 Å². The number of nitrogens with one attached hydrogen (secondary N) is 1. The third-order valence-corrected chi connectivity index (χ3v) is 3.03. The molecule has 0 saturated heterocycles. The summed E-state index contributed by atoms with van der Waals surface area (Å²) in [6, 6.07) is 13.4. The lowest BCUT2D eigenvalue weighted by molar-refractivity contribution is -0.116. The number of benzene rings is 2. The molecule has 0 saturated carbocycles. The molecule has 100 valence electrons. The van der Waals surface area contributed by atoms with Crippen LogP contribution in [0.15, 0.2) is 42.0 Å². The van der Waals surface area contributed by atoms with Crippen LogP contribution < -0.4 is 10.1 Å². The zero-order valence-electron chi connectivity index (χ0n) is 11.3. The van der Waals surface area contributed by atoms with E-state index >= 15 is 0 Å². The largest absolute Gasteiger partial charge is 0.496 e. The van der Waals surface area contributed by atoms with Crippen molar-refractivity contribution in [3.05, 3.63) is 47.5 Å². The highest BCUT2D eigenvalue weighted by atomic mass is 16.5. The van der Waals surface area contributed by atoms with E-state index in [1.54, 1.807) is 13.2 Å². The number of rotatable bonds is 3. The molecule has 0 heterocycles. The lowest BCUT2D eigenvalue weighted by Crippen LogP contribution is -2.19. The Bertz CT molecular complexity index is 727. The molecule has 2 aromatic rings. The van der Waals surface area contributed by atoms with E-state index in [2.05, 4.69) is 5.32 Å². The average molecular weight is 266 g/mol. The van der Waals surface area contributed by atoms with Crippen molar-refractivity contribution < 1.29 is 9.53 Å². The van der Waals surface area contributed by atoms with Gasteiger partial charge in [0.15, 0.2) is 0 Å². The van der Waals surface area contributed by atoms with Crippen molar-refractivity contribution in [1.82, 2.24) is 5.32 Å². The van der Waals surface area contributed by atoms with Crippen molar-refractivity contribution in [2.24, 2.45) is 0 Å². The second kappa shape index (κ2) is 5.89. The van der Waals surface area contributed by atoms with Gasteiger partial charge in [-0.05, 0) is 22.9 Å². The maximum atomic E-state index is 11.6. The third kappa shape index (κ3) is 2.47. The van der Waals surface area contributed by atoms with Crippen LogP contribution in [0.1, 0.15) is 5.56 Å². The number of methoxy groups -OCH3 is 1.